The maximum Gasteiger partial charge on any atom is 0.0890 e. The molecule has 1 aromatic heterocycles. The highest BCUT2D eigenvalue weighted by molar-refractivity contribution is 5.74. The standard InChI is InChI=1S/C14H19N3/c1-9(10(2)15-4)14-11(3)16-12-7-5-6-8-13(12)17-14/h5-10,15H,1-4H3. The van der Waals surface area contributed by atoms with Gasteiger partial charge in [-0.25, -0.2) is 9.97 Å². The van der Waals surface area contributed by atoms with Gasteiger partial charge in [0.25, 0.3) is 0 Å². The van der Waals surface area contributed by atoms with Crippen LogP contribution in [0, 0.1) is 6.92 Å². The maximum atomic E-state index is 4.74. The van der Waals surface area contributed by atoms with E-state index in [1.165, 1.54) is 0 Å². The minimum atomic E-state index is 0.358. The molecule has 1 N–H and O–H groups in total. The third-order valence-corrected chi connectivity index (χ3v) is 3.42. The predicted molar refractivity (Wildman–Crippen MR) is 71.2 cm³/mol. The van der Waals surface area contributed by atoms with Gasteiger partial charge < -0.3 is 5.32 Å². The van der Waals surface area contributed by atoms with Gasteiger partial charge in [0.2, 0.25) is 0 Å². The van der Waals surface area contributed by atoms with Crippen LogP contribution in [0.3, 0.4) is 0 Å². The summed E-state index contributed by atoms with van der Waals surface area (Å²) in [6.45, 7) is 6.39. The van der Waals surface area contributed by atoms with Crippen molar-refractivity contribution < 1.29 is 0 Å². The molecule has 0 fully saturated rings. The highest BCUT2D eigenvalue weighted by Crippen LogP contribution is 2.22. The number of aryl methyl sites for hydroxylation is 1. The van der Waals surface area contributed by atoms with E-state index in [1.54, 1.807) is 0 Å². The molecule has 0 spiro atoms. The molecule has 0 aliphatic rings. The summed E-state index contributed by atoms with van der Waals surface area (Å²) in [7, 11) is 1.98. The average molecular weight is 229 g/mol. The lowest BCUT2D eigenvalue weighted by atomic mass is 9.98. The number of hydrogen-bond acceptors (Lipinski definition) is 3. The molecule has 0 aliphatic heterocycles. The Labute approximate surface area is 102 Å². The van der Waals surface area contributed by atoms with Gasteiger partial charge in [0.15, 0.2) is 0 Å². The quantitative estimate of drug-likeness (QED) is 0.879. The SMILES string of the molecule is CNC(C)C(C)c1nc2ccccc2nc1C. The van der Waals surface area contributed by atoms with Crippen LogP contribution in [0.2, 0.25) is 0 Å². The lowest BCUT2D eigenvalue weighted by Gasteiger charge is -2.20. The Morgan fingerprint density at radius 1 is 1.06 bits per heavy atom. The molecule has 0 amide bonds. The fraction of sp³-hybridized carbons (Fsp3) is 0.429. The van der Waals surface area contributed by atoms with Gasteiger partial charge in [-0.15, -0.1) is 0 Å². The Balaban J connectivity index is 2.50. The van der Waals surface area contributed by atoms with Gasteiger partial charge >= 0.3 is 0 Å². The molecule has 90 valence electrons. The summed E-state index contributed by atoms with van der Waals surface area (Å²) < 4.78 is 0. The van der Waals surface area contributed by atoms with Crippen molar-refractivity contribution in [1.29, 1.82) is 0 Å². The van der Waals surface area contributed by atoms with Crippen molar-refractivity contribution >= 4 is 11.0 Å². The number of nitrogens with one attached hydrogen (secondary N) is 1. The van der Waals surface area contributed by atoms with Gasteiger partial charge in [0.05, 0.1) is 22.4 Å². The average Bonchev–Trinajstić information content (AvgIpc) is 2.36. The number of likely N-dealkylation sites (N-methyl/N-ethyl adjacent to an activating group) is 1. The lowest BCUT2D eigenvalue weighted by Crippen LogP contribution is -2.28. The lowest BCUT2D eigenvalue weighted by molar-refractivity contribution is 0.512. The molecule has 2 atom stereocenters. The van der Waals surface area contributed by atoms with E-state index >= 15 is 0 Å². The molecule has 2 aromatic rings. The van der Waals surface area contributed by atoms with E-state index in [0.717, 1.165) is 22.4 Å². The Morgan fingerprint density at radius 2 is 1.65 bits per heavy atom. The topological polar surface area (TPSA) is 37.8 Å². The molecule has 2 unspecified atom stereocenters. The molecule has 17 heavy (non-hydrogen) atoms. The summed E-state index contributed by atoms with van der Waals surface area (Å²) >= 11 is 0. The highest BCUT2D eigenvalue weighted by atomic mass is 14.9. The second kappa shape index (κ2) is 4.80. The van der Waals surface area contributed by atoms with Gasteiger partial charge in [-0.3, -0.25) is 0 Å². The Bertz CT molecular complexity index is 522. The van der Waals surface area contributed by atoms with Crippen LogP contribution >= 0.6 is 0 Å². The van der Waals surface area contributed by atoms with Gasteiger partial charge in [-0.1, -0.05) is 19.1 Å². The second-order valence-corrected chi connectivity index (χ2v) is 4.55. The van der Waals surface area contributed by atoms with Crippen LogP contribution in [0.1, 0.15) is 31.2 Å². The van der Waals surface area contributed by atoms with Gasteiger partial charge in [0.1, 0.15) is 0 Å². The smallest absolute Gasteiger partial charge is 0.0890 e. The number of nitrogens with zero attached hydrogens (tertiary/aromatic N) is 2. The normalized spacial score (nSPS) is 14.8. The van der Waals surface area contributed by atoms with Gasteiger partial charge in [0, 0.05) is 12.0 Å². The predicted octanol–water partition coefficient (Wildman–Crippen LogP) is 2.65. The van der Waals surface area contributed by atoms with E-state index in [2.05, 4.69) is 24.1 Å². The third kappa shape index (κ3) is 2.29. The van der Waals surface area contributed by atoms with E-state index in [9.17, 15) is 0 Å². The number of aromatic nitrogens is 2. The molecule has 0 bridgehead atoms. The van der Waals surface area contributed by atoms with Crippen LogP contribution in [-0.2, 0) is 0 Å². The molecular weight excluding hydrogens is 210 g/mol. The van der Waals surface area contributed by atoms with E-state index in [1.807, 2.05) is 38.2 Å². The fourth-order valence-corrected chi connectivity index (χ4v) is 2.02. The summed E-state index contributed by atoms with van der Waals surface area (Å²) in [6, 6.07) is 8.41. The van der Waals surface area contributed by atoms with Crippen molar-refractivity contribution in [3.63, 3.8) is 0 Å². The molecular formula is C14H19N3. The minimum Gasteiger partial charge on any atom is -0.317 e. The Hall–Kier alpha value is -1.48. The van der Waals surface area contributed by atoms with Crippen LogP contribution in [0.15, 0.2) is 24.3 Å². The van der Waals surface area contributed by atoms with Gasteiger partial charge in [-0.2, -0.15) is 0 Å². The number of benzene rings is 1. The number of para-hydroxylation sites is 2. The van der Waals surface area contributed by atoms with Crippen molar-refractivity contribution in [2.75, 3.05) is 7.05 Å². The maximum absolute atomic E-state index is 4.74. The molecule has 1 aromatic carbocycles. The molecule has 1 heterocycles. The summed E-state index contributed by atoms with van der Waals surface area (Å²) in [5, 5.41) is 3.27. The van der Waals surface area contributed by atoms with Gasteiger partial charge in [-0.05, 0) is 33.0 Å². The third-order valence-electron chi connectivity index (χ3n) is 3.42. The number of hydrogen-bond donors (Lipinski definition) is 1. The minimum absolute atomic E-state index is 0.358. The molecule has 3 heteroatoms. The summed E-state index contributed by atoms with van der Waals surface area (Å²) in [5.41, 5.74) is 4.06. The van der Waals surface area contributed by atoms with Crippen LogP contribution in [0.25, 0.3) is 11.0 Å². The monoisotopic (exact) mass is 229 g/mol. The summed E-state index contributed by atoms with van der Waals surface area (Å²) in [5.74, 6) is 0.358. The first-order valence-electron chi connectivity index (χ1n) is 6.04. The molecule has 0 aliphatic carbocycles. The Kier molecular flexibility index (Phi) is 3.38. The van der Waals surface area contributed by atoms with E-state index in [-0.39, 0.29) is 0 Å². The zero-order valence-electron chi connectivity index (χ0n) is 10.9. The molecule has 3 nitrogen and oxygen atoms in total. The first-order valence-corrected chi connectivity index (χ1v) is 6.04. The summed E-state index contributed by atoms with van der Waals surface area (Å²) in [6.07, 6.45) is 0. The van der Waals surface area contributed by atoms with Crippen LogP contribution in [0.5, 0.6) is 0 Å². The molecule has 0 radical (unpaired) electrons. The van der Waals surface area contributed by atoms with E-state index in [0.29, 0.717) is 12.0 Å². The van der Waals surface area contributed by atoms with Crippen molar-refractivity contribution in [2.45, 2.75) is 32.7 Å². The van der Waals surface area contributed by atoms with E-state index < -0.39 is 0 Å². The number of rotatable bonds is 3. The fourth-order valence-electron chi connectivity index (χ4n) is 2.02. The van der Waals surface area contributed by atoms with Crippen LogP contribution in [-0.4, -0.2) is 23.1 Å². The van der Waals surface area contributed by atoms with Crippen molar-refractivity contribution in [1.82, 2.24) is 15.3 Å². The number of fused-ring (bicyclic) bond motifs is 1. The zero-order valence-corrected chi connectivity index (χ0v) is 10.9. The van der Waals surface area contributed by atoms with Crippen molar-refractivity contribution in [2.24, 2.45) is 0 Å². The van der Waals surface area contributed by atoms with E-state index in [4.69, 9.17) is 4.98 Å². The summed E-state index contributed by atoms with van der Waals surface area (Å²) in [4.78, 5) is 9.36. The zero-order chi connectivity index (χ0) is 12.4. The first-order chi connectivity index (χ1) is 8.13. The molecule has 2 rings (SSSR count). The van der Waals surface area contributed by atoms with Crippen molar-refractivity contribution in [3.8, 4) is 0 Å². The highest BCUT2D eigenvalue weighted by Gasteiger charge is 2.17. The first kappa shape index (κ1) is 12.0. The molecule has 0 saturated carbocycles. The van der Waals surface area contributed by atoms with Crippen LogP contribution < -0.4 is 5.32 Å². The largest absolute Gasteiger partial charge is 0.317 e. The van der Waals surface area contributed by atoms with Crippen LogP contribution in [0.4, 0.5) is 0 Å². The molecule has 0 saturated heterocycles. The second-order valence-electron chi connectivity index (χ2n) is 4.55. The Morgan fingerprint density at radius 3 is 2.24 bits per heavy atom. The van der Waals surface area contributed by atoms with Crippen molar-refractivity contribution in [3.05, 3.63) is 35.7 Å².